The first-order valence-corrected chi connectivity index (χ1v) is 7.36. The van der Waals surface area contributed by atoms with Gasteiger partial charge in [-0.05, 0) is 30.9 Å². The van der Waals surface area contributed by atoms with E-state index in [2.05, 4.69) is 5.32 Å². The van der Waals surface area contributed by atoms with E-state index in [-0.39, 0.29) is 24.8 Å². The van der Waals surface area contributed by atoms with Crippen molar-refractivity contribution in [3.8, 4) is 0 Å². The van der Waals surface area contributed by atoms with Crippen LogP contribution in [0.5, 0.6) is 0 Å². The van der Waals surface area contributed by atoms with E-state index in [1.807, 2.05) is 30.3 Å². The van der Waals surface area contributed by atoms with Crippen molar-refractivity contribution in [3.63, 3.8) is 0 Å². The predicted octanol–water partition coefficient (Wildman–Crippen LogP) is 4.38. The number of alkyl halides is 3. The third-order valence-electron chi connectivity index (χ3n) is 3.75. The van der Waals surface area contributed by atoms with Crippen LogP contribution >= 0.6 is 11.6 Å². The van der Waals surface area contributed by atoms with Gasteiger partial charge >= 0.3 is 0 Å². The molecule has 1 fully saturated rings. The standard InChI is InChI=1S/C15H20ClF2N/c16-10-14(13-6-2-1-3-7-13)19-11-12-5-4-8-15(17,18)9-12/h1-3,6-7,12,14,19H,4-5,8-11H2. The summed E-state index contributed by atoms with van der Waals surface area (Å²) in [5, 5.41) is 3.33. The average molecular weight is 288 g/mol. The van der Waals surface area contributed by atoms with E-state index in [1.165, 1.54) is 0 Å². The highest BCUT2D eigenvalue weighted by Crippen LogP contribution is 2.36. The maximum absolute atomic E-state index is 13.3. The second-order valence-electron chi connectivity index (χ2n) is 5.34. The zero-order valence-corrected chi connectivity index (χ0v) is 11.7. The van der Waals surface area contributed by atoms with E-state index >= 15 is 0 Å². The van der Waals surface area contributed by atoms with Crippen LogP contribution in [0.3, 0.4) is 0 Å². The monoisotopic (exact) mass is 287 g/mol. The van der Waals surface area contributed by atoms with Crippen molar-refractivity contribution < 1.29 is 8.78 Å². The van der Waals surface area contributed by atoms with Gasteiger partial charge in [-0.15, -0.1) is 11.6 Å². The lowest BCUT2D eigenvalue weighted by Gasteiger charge is -2.30. The molecule has 0 spiro atoms. The lowest BCUT2D eigenvalue weighted by atomic mass is 9.86. The average Bonchev–Trinajstić information content (AvgIpc) is 2.39. The molecule has 0 bridgehead atoms. The molecule has 0 aliphatic heterocycles. The number of nitrogens with one attached hydrogen (secondary N) is 1. The normalized spacial score (nSPS) is 24.1. The Hall–Kier alpha value is -0.670. The fourth-order valence-corrected chi connectivity index (χ4v) is 2.99. The van der Waals surface area contributed by atoms with Crippen LogP contribution in [-0.2, 0) is 0 Å². The van der Waals surface area contributed by atoms with Crippen LogP contribution < -0.4 is 5.32 Å². The second-order valence-corrected chi connectivity index (χ2v) is 5.65. The fourth-order valence-electron chi connectivity index (χ4n) is 2.71. The Labute approximate surface area is 118 Å². The summed E-state index contributed by atoms with van der Waals surface area (Å²) in [5.41, 5.74) is 1.11. The molecule has 1 N–H and O–H groups in total. The highest BCUT2D eigenvalue weighted by atomic mass is 35.5. The summed E-state index contributed by atoms with van der Waals surface area (Å²) >= 11 is 5.97. The van der Waals surface area contributed by atoms with Crippen molar-refractivity contribution in [1.82, 2.24) is 5.32 Å². The third-order valence-corrected chi connectivity index (χ3v) is 4.06. The lowest BCUT2D eigenvalue weighted by molar-refractivity contribution is -0.0522. The van der Waals surface area contributed by atoms with Gasteiger partial charge < -0.3 is 5.32 Å². The first kappa shape index (κ1) is 14.7. The molecule has 19 heavy (non-hydrogen) atoms. The Balaban J connectivity index is 1.87. The molecule has 0 radical (unpaired) electrons. The number of hydrogen-bond acceptors (Lipinski definition) is 1. The molecule has 0 aromatic heterocycles. The van der Waals surface area contributed by atoms with Crippen molar-refractivity contribution in [2.24, 2.45) is 5.92 Å². The number of rotatable bonds is 5. The molecule has 4 heteroatoms. The Morgan fingerprint density at radius 3 is 2.68 bits per heavy atom. The van der Waals surface area contributed by atoms with Crippen LogP contribution in [-0.4, -0.2) is 18.3 Å². The molecular formula is C15H20ClF2N. The maximum atomic E-state index is 13.3. The van der Waals surface area contributed by atoms with Crippen LogP contribution in [0.1, 0.15) is 37.3 Å². The summed E-state index contributed by atoms with van der Waals surface area (Å²) in [6.45, 7) is 0.613. The van der Waals surface area contributed by atoms with Crippen molar-refractivity contribution in [1.29, 1.82) is 0 Å². The van der Waals surface area contributed by atoms with E-state index in [0.717, 1.165) is 12.0 Å². The lowest BCUT2D eigenvalue weighted by Crippen LogP contribution is -2.34. The Morgan fingerprint density at radius 1 is 1.32 bits per heavy atom. The predicted molar refractivity (Wildman–Crippen MR) is 74.8 cm³/mol. The molecule has 1 nitrogen and oxygen atoms in total. The highest BCUT2D eigenvalue weighted by Gasteiger charge is 2.36. The summed E-state index contributed by atoms with van der Waals surface area (Å²) in [6.07, 6.45) is 1.55. The molecule has 1 aromatic carbocycles. The molecule has 1 saturated carbocycles. The van der Waals surface area contributed by atoms with Gasteiger partial charge in [-0.1, -0.05) is 30.3 Å². The van der Waals surface area contributed by atoms with Crippen LogP contribution in [0.2, 0.25) is 0 Å². The van der Waals surface area contributed by atoms with Gasteiger partial charge in [0.2, 0.25) is 5.92 Å². The molecule has 0 saturated heterocycles. The molecule has 1 aliphatic rings. The molecular weight excluding hydrogens is 268 g/mol. The highest BCUT2D eigenvalue weighted by molar-refractivity contribution is 6.18. The van der Waals surface area contributed by atoms with Gasteiger partial charge in [-0.25, -0.2) is 8.78 Å². The zero-order valence-electron chi connectivity index (χ0n) is 10.9. The first-order chi connectivity index (χ1) is 9.11. The van der Waals surface area contributed by atoms with Crippen LogP contribution in [0.4, 0.5) is 8.78 Å². The van der Waals surface area contributed by atoms with Gasteiger partial charge in [0.15, 0.2) is 0 Å². The molecule has 1 aliphatic carbocycles. The van der Waals surface area contributed by atoms with E-state index < -0.39 is 5.92 Å². The minimum atomic E-state index is -2.48. The molecule has 2 atom stereocenters. The SMILES string of the molecule is FC1(F)CCCC(CNC(CCl)c2ccccc2)C1. The Bertz CT molecular complexity index is 383. The van der Waals surface area contributed by atoms with Gasteiger partial charge in [0.1, 0.15) is 0 Å². The van der Waals surface area contributed by atoms with E-state index in [9.17, 15) is 8.78 Å². The smallest absolute Gasteiger partial charge is 0.248 e. The minimum absolute atomic E-state index is 0.00377. The first-order valence-electron chi connectivity index (χ1n) is 6.83. The summed E-state index contributed by atoms with van der Waals surface area (Å²) in [6, 6.07) is 9.94. The van der Waals surface area contributed by atoms with Gasteiger partial charge in [0.25, 0.3) is 0 Å². The molecule has 2 rings (SSSR count). The summed E-state index contributed by atoms with van der Waals surface area (Å²) in [7, 11) is 0. The summed E-state index contributed by atoms with van der Waals surface area (Å²) in [5.74, 6) is -1.97. The van der Waals surface area contributed by atoms with Crippen molar-refractivity contribution >= 4 is 11.6 Å². The van der Waals surface area contributed by atoms with Gasteiger partial charge in [-0.2, -0.15) is 0 Å². The molecule has 106 valence electrons. The van der Waals surface area contributed by atoms with E-state index in [0.29, 0.717) is 18.8 Å². The quantitative estimate of drug-likeness (QED) is 0.793. The third kappa shape index (κ3) is 4.43. The second kappa shape index (κ2) is 6.67. The maximum Gasteiger partial charge on any atom is 0.248 e. The molecule has 0 heterocycles. The van der Waals surface area contributed by atoms with E-state index in [1.54, 1.807) is 0 Å². The Kier molecular flexibility index (Phi) is 5.17. The van der Waals surface area contributed by atoms with Crippen LogP contribution in [0.25, 0.3) is 0 Å². The van der Waals surface area contributed by atoms with Gasteiger partial charge in [0, 0.05) is 24.8 Å². The molecule has 1 aromatic rings. The molecule has 2 unspecified atom stereocenters. The van der Waals surface area contributed by atoms with Crippen LogP contribution in [0.15, 0.2) is 30.3 Å². The topological polar surface area (TPSA) is 12.0 Å². The van der Waals surface area contributed by atoms with Gasteiger partial charge in [0.05, 0.1) is 0 Å². The number of benzene rings is 1. The van der Waals surface area contributed by atoms with E-state index in [4.69, 9.17) is 11.6 Å². The van der Waals surface area contributed by atoms with Crippen molar-refractivity contribution in [2.75, 3.05) is 12.4 Å². The van der Waals surface area contributed by atoms with Crippen LogP contribution in [0, 0.1) is 5.92 Å². The minimum Gasteiger partial charge on any atom is -0.309 e. The fraction of sp³-hybridized carbons (Fsp3) is 0.600. The largest absolute Gasteiger partial charge is 0.309 e. The zero-order chi connectivity index (χ0) is 13.7. The number of halogens is 3. The van der Waals surface area contributed by atoms with Gasteiger partial charge in [-0.3, -0.25) is 0 Å². The summed E-state index contributed by atoms with van der Waals surface area (Å²) in [4.78, 5) is 0. The molecule has 0 amide bonds. The number of hydrogen-bond donors (Lipinski definition) is 1. The van der Waals surface area contributed by atoms with Crippen molar-refractivity contribution in [3.05, 3.63) is 35.9 Å². The van der Waals surface area contributed by atoms with Crippen molar-refractivity contribution in [2.45, 2.75) is 37.6 Å². The summed E-state index contributed by atoms with van der Waals surface area (Å²) < 4.78 is 26.7. The Morgan fingerprint density at radius 2 is 2.05 bits per heavy atom.